The number of likely N-dealkylation sites (N-methyl/N-ethyl adjacent to an activating group) is 1. The maximum Gasteiger partial charge on any atom is 0.246 e. The van der Waals surface area contributed by atoms with E-state index < -0.39 is 10.0 Å². The summed E-state index contributed by atoms with van der Waals surface area (Å²) in [4.78, 5) is 31.8. The zero-order valence-corrected chi connectivity index (χ0v) is 21.5. The maximum atomic E-state index is 13.5. The van der Waals surface area contributed by atoms with Crippen molar-refractivity contribution in [3.8, 4) is 0 Å². The van der Waals surface area contributed by atoms with E-state index in [1.807, 2.05) is 9.80 Å². The molecule has 10 nitrogen and oxygen atoms in total. The number of hydrogen-bond acceptors (Lipinski definition) is 6. The van der Waals surface area contributed by atoms with Gasteiger partial charge in [0.1, 0.15) is 11.4 Å². The highest BCUT2D eigenvalue weighted by Gasteiger charge is 2.37. The van der Waals surface area contributed by atoms with Gasteiger partial charge in [0, 0.05) is 58.3 Å². The third kappa shape index (κ3) is 5.01. The van der Waals surface area contributed by atoms with Crippen LogP contribution in [0.2, 0.25) is 0 Å². The van der Waals surface area contributed by atoms with E-state index >= 15 is 0 Å². The predicted octanol–water partition coefficient (Wildman–Crippen LogP) is 0.687. The average Bonchev–Trinajstić information content (AvgIpc) is 3.47. The molecule has 1 aromatic rings. The van der Waals surface area contributed by atoms with E-state index in [-0.39, 0.29) is 29.2 Å². The van der Waals surface area contributed by atoms with Crippen molar-refractivity contribution in [1.29, 1.82) is 0 Å². The molecule has 3 aliphatic rings. The second-order valence-electron chi connectivity index (χ2n) is 9.68. The summed E-state index contributed by atoms with van der Waals surface area (Å²) in [6.45, 7) is 12.1. The van der Waals surface area contributed by atoms with E-state index in [0.29, 0.717) is 37.3 Å². The Kier molecular flexibility index (Phi) is 7.63. The summed E-state index contributed by atoms with van der Waals surface area (Å²) < 4.78 is 30.0. The monoisotopic (exact) mass is 494 g/mol. The van der Waals surface area contributed by atoms with Gasteiger partial charge in [-0.25, -0.2) is 8.42 Å². The van der Waals surface area contributed by atoms with Gasteiger partial charge in [-0.05, 0) is 46.1 Å². The first-order valence-electron chi connectivity index (χ1n) is 12.6. The van der Waals surface area contributed by atoms with Crippen molar-refractivity contribution >= 4 is 21.8 Å². The van der Waals surface area contributed by atoms with Crippen LogP contribution < -0.4 is 0 Å². The highest BCUT2D eigenvalue weighted by Crippen LogP contribution is 2.29. The number of hydrogen-bond donors (Lipinski definition) is 0. The van der Waals surface area contributed by atoms with Crippen LogP contribution in [0, 0.1) is 19.8 Å². The van der Waals surface area contributed by atoms with E-state index in [9.17, 15) is 18.0 Å². The Balaban J connectivity index is 1.39. The molecule has 3 aliphatic heterocycles. The Morgan fingerprint density at radius 2 is 1.53 bits per heavy atom. The van der Waals surface area contributed by atoms with Crippen molar-refractivity contribution in [2.24, 2.45) is 5.92 Å². The van der Waals surface area contributed by atoms with Crippen LogP contribution in [0.3, 0.4) is 0 Å². The number of carbonyl (C=O) groups excluding carboxylic acids is 2. The van der Waals surface area contributed by atoms with Crippen molar-refractivity contribution in [3.63, 3.8) is 0 Å². The van der Waals surface area contributed by atoms with Crippen molar-refractivity contribution in [2.45, 2.75) is 57.9 Å². The number of amides is 2. The lowest BCUT2D eigenvalue weighted by atomic mass is 9.96. The standard InChI is InChI=1S/C23H38N6O4S/c1-4-25-13-15-27(16-14-25)23(31)20-7-11-28(12-8-20)34(32,33)22-18(2)24-29(19(22)3)17-21(30)26-9-5-6-10-26/h20H,4-17H2,1-3H3. The molecule has 34 heavy (non-hydrogen) atoms. The Bertz CT molecular complexity index is 1000. The summed E-state index contributed by atoms with van der Waals surface area (Å²) in [5, 5.41) is 4.40. The number of carbonyl (C=O) groups is 2. The van der Waals surface area contributed by atoms with E-state index in [2.05, 4.69) is 16.9 Å². The molecule has 11 heteroatoms. The summed E-state index contributed by atoms with van der Waals surface area (Å²) in [6, 6.07) is 0. The number of sulfonamides is 1. The average molecular weight is 495 g/mol. The zero-order valence-electron chi connectivity index (χ0n) is 20.7. The molecule has 0 N–H and O–H groups in total. The molecule has 0 unspecified atom stereocenters. The quantitative estimate of drug-likeness (QED) is 0.577. The highest BCUT2D eigenvalue weighted by molar-refractivity contribution is 7.89. The number of likely N-dealkylation sites (tertiary alicyclic amines) is 1. The van der Waals surface area contributed by atoms with E-state index in [4.69, 9.17) is 0 Å². The first-order valence-corrected chi connectivity index (χ1v) is 14.0. The van der Waals surface area contributed by atoms with Crippen LogP contribution in [0.15, 0.2) is 4.90 Å². The Labute approximate surface area is 202 Å². The molecule has 0 spiro atoms. The number of rotatable bonds is 6. The molecule has 0 radical (unpaired) electrons. The SMILES string of the molecule is CCN1CCN(C(=O)C2CCN(S(=O)(=O)c3c(C)nn(CC(=O)N4CCCC4)c3C)CC2)CC1. The van der Waals surface area contributed by atoms with Crippen molar-refractivity contribution in [2.75, 3.05) is 58.9 Å². The third-order valence-electron chi connectivity index (χ3n) is 7.59. The minimum Gasteiger partial charge on any atom is -0.341 e. The minimum atomic E-state index is -3.75. The van der Waals surface area contributed by atoms with Crippen LogP contribution in [0.25, 0.3) is 0 Å². The first kappa shape index (κ1) is 25.1. The van der Waals surface area contributed by atoms with Crippen molar-refractivity contribution in [3.05, 3.63) is 11.4 Å². The molecule has 4 heterocycles. The molecule has 4 rings (SSSR count). The molecule has 0 atom stereocenters. The van der Waals surface area contributed by atoms with E-state index in [1.54, 1.807) is 13.8 Å². The van der Waals surface area contributed by atoms with Crippen molar-refractivity contribution < 1.29 is 18.0 Å². The van der Waals surface area contributed by atoms with Gasteiger partial charge in [0.15, 0.2) is 0 Å². The largest absolute Gasteiger partial charge is 0.341 e. The van der Waals surface area contributed by atoms with Gasteiger partial charge >= 0.3 is 0 Å². The van der Waals surface area contributed by atoms with Crippen LogP contribution in [-0.2, 0) is 26.2 Å². The number of aromatic nitrogens is 2. The Hall–Kier alpha value is -1.98. The van der Waals surface area contributed by atoms with Gasteiger partial charge in [0.2, 0.25) is 21.8 Å². The van der Waals surface area contributed by atoms with Crippen LogP contribution in [-0.4, -0.2) is 108 Å². The van der Waals surface area contributed by atoms with Gasteiger partial charge in [0.25, 0.3) is 0 Å². The highest BCUT2D eigenvalue weighted by atomic mass is 32.2. The molecule has 190 valence electrons. The maximum absolute atomic E-state index is 13.5. The Morgan fingerprint density at radius 3 is 2.12 bits per heavy atom. The van der Waals surface area contributed by atoms with Gasteiger partial charge in [-0.1, -0.05) is 6.92 Å². The van der Waals surface area contributed by atoms with Crippen molar-refractivity contribution in [1.82, 2.24) is 28.8 Å². The Morgan fingerprint density at radius 1 is 0.912 bits per heavy atom. The van der Waals surface area contributed by atoms with Gasteiger partial charge in [-0.3, -0.25) is 14.3 Å². The number of piperazine rings is 1. The van der Waals surface area contributed by atoms with Gasteiger partial charge in [-0.15, -0.1) is 0 Å². The van der Waals surface area contributed by atoms with Gasteiger partial charge in [-0.2, -0.15) is 9.40 Å². The van der Waals surface area contributed by atoms with Crippen LogP contribution in [0.1, 0.15) is 44.0 Å². The fourth-order valence-electron chi connectivity index (χ4n) is 5.42. The van der Waals surface area contributed by atoms with Crippen LogP contribution in [0.4, 0.5) is 0 Å². The van der Waals surface area contributed by atoms with Crippen LogP contribution >= 0.6 is 0 Å². The fraction of sp³-hybridized carbons (Fsp3) is 0.783. The lowest BCUT2D eigenvalue weighted by Gasteiger charge is -2.38. The molecule has 0 saturated carbocycles. The first-order chi connectivity index (χ1) is 16.2. The molecule has 0 aliphatic carbocycles. The summed E-state index contributed by atoms with van der Waals surface area (Å²) in [5.41, 5.74) is 0.913. The van der Waals surface area contributed by atoms with E-state index in [0.717, 1.165) is 58.7 Å². The molecule has 3 saturated heterocycles. The number of aryl methyl sites for hydroxylation is 1. The van der Waals surface area contributed by atoms with E-state index in [1.165, 1.54) is 8.99 Å². The lowest BCUT2D eigenvalue weighted by molar-refractivity contribution is -0.138. The third-order valence-corrected chi connectivity index (χ3v) is 9.74. The van der Waals surface area contributed by atoms with Crippen LogP contribution in [0.5, 0.6) is 0 Å². The molecule has 2 amide bonds. The summed E-state index contributed by atoms with van der Waals surface area (Å²) in [5.74, 6) is 0.0159. The minimum absolute atomic E-state index is 0.0221. The van der Waals surface area contributed by atoms with Gasteiger partial charge < -0.3 is 14.7 Å². The second kappa shape index (κ2) is 10.3. The topological polar surface area (TPSA) is 99.1 Å². The molecule has 3 fully saturated rings. The zero-order chi connectivity index (χ0) is 24.5. The molecular weight excluding hydrogens is 456 g/mol. The molecule has 1 aromatic heterocycles. The number of nitrogens with zero attached hydrogens (tertiary/aromatic N) is 6. The number of piperidine rings is 1. The normalized spacial score (nSPS) is 21.4. The summed E-state index contributed by atoms with van der Waals surface area (Å²) in [6.07, 6.45) is 3.09. The summed E-state index contributed by atoms with van der Waals surface area (Å²) in [7, 11) is -3.75. The smallest absolute Gasteiger partial charge is 0.246 e. The molecular formula is C23H38N6O4S. The molecule has 0 aromatic carbocycles. The molecule has 0 bridgehead atoms. The second-order valence-corrected chi connectivity index (χ2v) is 11.6. The van der Waals surface area contributed by atoms with Gasteiger partial charge in [0.05, 0.1) is 11.4 Å². The fourth-order valence-corrected chi connectivity index (χ4v) is 7.26. The lowest BCUT2D eigenvalue weighted by Crippen LogP contribution is -2.51. The summed E-state index contributed by atoms with van der Waals surface area (Å²) >= 11 is 0. The predicted molar refractivity (Wildman–Crippen MR) is 128 cm³/mol.